The molecule has 110 valence electrons. The number of nitrogens with zero attached hydrogens (tertiary/aromatic N) is 2. The first kappa shape index (κ1) is 15.2. The van der Waals surface area contributed by atoms with E-state index in [0.717, 1.165) is 19.3 Å². The molecule has 3 aromatic rings. The fourth-order valence-corrected chi connectivity index (χ4v) is 2.63. The van der Waals surface area contributed by atoms with Crippen LogP contribution in [0.4, 0.5) is 5.69 Å². The van der Waals surface area contributed by atoms with Crippen molar-refractivity contribution in [3.05, 3.63) is 62.3 Å². The minimum Gasteiger partial charge on any atom is -0.479 e. The molecule has 0 aliphatic carbocycles. The fraction of sp³-hybridized carbons (Fsp3) is 0. The summed E-state index contributed by atoms with van der Waals surface area (Å²) in [6.07, 6.45) is 1.49. The average molecular weight is 469 g/mol. The molecule has 1 heterocycles. The van der Waals surface area contributed by atoms with Crippen LogP contribution < -0.4 is 0 Å². The van der Waals surface area contributed by atoms with Crippen molar-refractivity contribution in [2.24, 2.45) is 4.99 Å². The molecule has 2 aromatic carbocycles. The van der Waals surface area contributed by atoms with E-state index in [2.05, 4.69) is 48.5 Å². The van der Waals surface area contributed by atoms with Gasteiger partial charge in [-0.3, -0.25) is 4.99 Å². The number of aromatic nitrogens is 1. The molecule has 0 saturated heterocycles. The van der Waals surface area contributed by atoms with Crippen LogP contribution in [0.15, 0.2) is 62.4 Å². The molecule has 0 aliphatic rings. The molecule has 3 rings (SSSR count). The molecule has 0 spiro atoms. The zero-order valence-electron chi connectivity index (χ0n) is 11.2. The first-order valence-corrected chi connectivity index (χ1v) is 8.25. The summed E-state index contributed by atoms with van der Waals surface area (Å²) in [6, 6.07) is 15.2. The van der Waals surface area contributed by atoms with Crippen molar-refractivity contribution < 1.29 is 9.52 Å². The highest BCUT2D eigenvalue weighted by molar-refractivity contribution is 14.1. The molecular formula is C16H10BrIN2O2. The smallest absolute Gasteiger partial charge is 0.312 e. The lowest BCUT2D eigenvalue weighted by molar-refractivity contribution is 0.337. The van der Waals surface area contributed by atoms with E-state index in [1.54, 1.807) is 0 Å². The second-order valence-corrected chi connectivity index (χ2v) is 6.52. The summed E-state index contributed by atoms with van der Waals surface area (Å²) in [5, 5.41) is 9.87. The Balaban J connectivity index is 1.90. The second kappa shape index (κ2) is 6.62. The zero-order chi connectivity index (χ0) is 15.5. The van der Waals surface area contributed by atoms with Gasteiger partial charge in [-0.25, -0.2) is 4.98 Å². The topological polar surface area (TPSA) is 58.6 Å². The van der Waals surface area contributed by atoms with E-state index in [4.69, 9.17) is 4.42 Å². The van der Waals surface area contributed by atoms with Crippen LogP contribution in [-0.2, 0) is 0 Å². The molecule has 4 nitrogen and oxygen atoms in total. The van der Waals surface area contributed by atoms with Crippen molar-refractivity contribution in [3.8, 4) is 17.4 Å². The van der Waals surface area contributed by atoms with Gasteiger partial charge in [-0.15, -0.1) is 0 Å². The van der Waals surface area contributed by atoms with Crippen LogP contribution in [0.5, 0.6) is 5.95 Å². The highest BCUT2D eigenvalue weighted by Gasteiger charge is 2.14. The summed E-state index contributed by atoms with van der Waals surface area (Å²) < 4.78 is 7.29. The SMILES string of the molecule is Oc1oc(-c2ccccc2Br)nc1C=Nc1ccc(I)cc1. The third kappa shape index (κ3) is 3.38. The van der Waals surface area contributed by atoms with Crippen LogP contribution >= 0.6 is 38.5 Å². The van der Waals surface area contributed by atoms with E-state index in [9.17, 15) is 5.11 Å². The first-order valence-electron chi connectivity index (χ1n) is 6.38. The van der Waals surface area contributed by atoms with E-state index in [-0.39, 0.29) is 5.95 Å². The number of aliphatic imine (C=N–C) groups is 1. The molecule has 0 aliphatic heterocycles. The average Bonchev–Trinajstić information content (AvgIpc) is 2.88. The minimum atomic E-state index is -0.250. The Hall–Kier alpha value is -1.67. The maximum atomic E-state index is 9.87. The molecule has 1 aromatic heterocycles. The highest BCUT2D eigenvalue weighted by Crippen LogP contribution is 2.31. The highest BCUT2D eigenvalue weighted by atomic mass is 127. The van der Waals surface area contributed by atoms with Crippen LogP contribution in [0.3, 0.4) is 0 Å². The summed E-state index contributed by atoms with van der Waals surface area (Å²) in [6.45, 7) is 0. The normalized spacial score (nSPS) is 11.2. The molecule has 6 heteroatoms. The molecule has 0 amide bonds. The van der Waals surface area contributed by atoms with Gasteiger partial charge < -0.3 is 9.52 Å². The van der Waals surface area contributed by atoms with E-state index >= 15 is 0 Å². The Morgan fingerprint density at radius 3 is 2.59 bits per heavy atom. The number of halogens is 2. The second-order valence-electron chi connectivity index (χ2n) is 4.42. The molecule has 0 radical (unpaired) electrons. The van der Waals surface area contributed by atoms with Crippen molar-refractivity contribution in [3.63, 3.8) is 0 Å². The molecule has 22 heavy (non-hydrogen) atoms. The minimum absolute atomic E-state index is 0.250. The summed E-state index contributed by atoms with van der Waals surface area (Å²) in [5.41, 5.74) is 1.85. The molecule has 0 atom stereocenters. The predicted octanol–water partition coefficient (Wildman–Crippen LogP) is 5.16. The summed E-state index contributed by atoms with van der Waals surface area (Å²) in [7, 11) is 0. The Morgan fingerprint density at radius 2 is 1.86 bits per heavy atom. The first-order chi connectivity index (χ1) is 10.6. The Labute approximate surface area is 149 Å². The van der Waals surface area contributed by atoms with Gasteiger partial charge in [-0.2, -0.15) is 0 Å². The van der Waals surface area contributed by atoms with Crippen molar-refractivity contribution in [2.45, 2.75) is 0 Å². The number of aromatic hydroxyl groups is 1. The number of rotatable bonds is 3. The predicted molar refractivity (Wildman–Crippen MR) is 97.7 cm³/mol. The van der Waals surface area contributed by atoms with E-state index in [1.807, 2.05) is 48.5 Å². The monoisotopic (exact) mass is 468 g/mol. The van der Waals surface area contributed by atoms with Gasteiger partial charge in [0.05, 0.1) is 17.5 Å². The summed E-state index contributed by atoms with van der Waals surface area (Å²) in [5.74, 6) is 0.0917. The van der Waals surface area contributed by atoms with Gasteiger partial charge in [0.2, 0.25) is 5.89 Å². The molecule has 1 N–H and O–H groups in total. The number of benzene rings is 2. The molecular weight excluding hydrogens is 459 g/mol. The van der Waals surface area contributed by atoms with Crippen LogP contribution in [0, 0.1) is 3.57 Å². The van der Waals surface area contributed by atoms with Gasteiger partial charge in [0.25, 0.3) is 0 Å². The van der Waals surface area contributed by atoms with Crippen LogP contribution in [0.2, 0.25) is 0 Å². The third-order valence-electron chi connectivity index (χ3n) is 2.90. The number of oxazole rings is 1. The maximum Gasteiger partial charge on any atom is 0.312 e. The van der Waals surface area contributed by atoms with Gasteiger partial charge >= 0.3 is 5.95 Å². The molecule has 0 saturated carbocycles. The van der Waals surface area contributed by atoms with Crippen molar-refractivity contribution in [1.82, 2.24) is 4.98 Å². The standard InChI is InChI=1S/C16H10BrIN2O2/c17-13-4-2-1-3-12(13)15-20-14(16(21)22-15)9-19-11-7-5-10(18)6-8-11/h1-9,21H. The van der Waals surface area contributed by atoms with Gasteiger partial charge in [-0.1, -0.05) is 12.1 Å². The van der Waals surface area contributed by atoms with Crippen molar-refractivity contribution in [1.29, 1.82) is 0 Å². The van der Waals surface area contributed by atoms with E-state index < -0.39 is 0 Å². The molecule has 0 unspecified atom stereocenters. The number of hydrogen-bond donors (Lipinski definition) is 1. The van der Waals surface area contributed by atoms with Crippen molar-refractivity contribution in [2.75, 3.05) is 0 Å². The zero-order valence-corrected chi connectivity index (χ0v) is 14.9. The van der Waals surface area contributed by atoms with Gasteiger partial charge in [-0.05, 0) is 74.9 Å². The Bertz CT molecular complexity index is 828. The van der Waals surface area contributed by atoms with Gasteiger partial charge in [0, 0.05) is 8.04 Å². The van der Waals surface area contributed by atoms with E-state index in [1.165, 1.54) is 6.21 Å². The largest absolute Gasteiger partial charge is 0.479 e. The third-order valence-corrected chi connectivity index (χ3v) is 4.31. The van der Waals surface area contributed by atoms with Crippen molar-refractivity contribution >= 4 is 50.4 Å². The lowest BCUT2D eigenvalue weighted by atomic mass is 10.2. The van der Waals surface area contributed by atoms with Gasteiger partial charge in [0.15, 0.2) is 5.69 Å². The van der Waals surface area contributed by atoms with Gasteiger partial charge in [0.1, 0.15) is 0 Å². The lowest BCUT2D eigenvalue weighted by Crippen LogP contribution is -1.83. The Morgan fingerprint density at radius 1 is 1.14 bits per heavy atom. The quantitative estimate of drug-likeness (QED) is 0.426. The fourth-order valence-electron chi connectivity index (χ4n) is 1.82. The maximum absolute atomic E-state index is 9.87. The van der Waals surface area contributed by atoms with E-state index in [0.29, 0.717) is 11.6 Å². The summed E-state index contributed by atoms with van der Waals surface area (Å²) >= 11 is 5.66. The summed E-state index contributed by atoms with van der Waals surface area (Å²) in [4.78, 5) is 8.56. The lowest BCUT2D eigenvalue weighted by Gasteiger charge is -1.97. The molecule has 0 bridgehead atoms. The van der Waals surface area contributed by atoms with Crippen LogP contribution in [0.25, 0.3) is 11.5 Å². The van der Waals surface area contributed by atoms with Crippen LogP contribution in [0.1, 0.15) is 5.69 Å². The molecule has 0 fully saturated rings. The number of hydrogen-bond acceptors (Lipinski definition) is 4. The van der Waals surface area contributed by atoms with Crippen LogP contribution in [-0.4, -0.2) is 16.3 Å². The Kier molecular flexibility index (Phi) is 4.58.